The van der Waals surface area contributed by atoms with Crippen LogP contribution in [0.25, 0.3) is 11.3 Å². The van der Waals surface area contributed by atoms with Crippen molar-refractivity contribution in [1.29, 1.82) is 0 Å². The third kappa shape index (κ3) is 11.0. The highest BCUT2D eigenvalue weighted by Gasteiger charge is 2.43. The van der Waals surface area contributed by atoms with Gasteiger partial charge in [-0.1, -0.05) is 29.8 Å². The van der Waals surface area contributed by atoms with Crippen LogP contribution in [-0.4, -0.2) is 79.1 Å². The fraction of sp³-hybridized carbons (Fsp3) is 0.444. The zero-order valence-electron chi connectivity index (χ0n) is 23.8. The Labute approximate surface area is 241 Å². The standard InChI is InChI=1S/C27H33N3O10S/c1-15-8-10-21(11-9-15)22-14-41-27(29-22)30(7)28-12-23(37-17(3)32)25(39-19(5)34)26(40-20(6)35)24(38-18(4)33)13-36-16(2)31/h8-12,14,23-26H,13H2,1-7H3/b28-12-/t23-,24+,25+,26-/m0/s1. The highest BCUT2D eigenvalue weighted by Crippen LogP contribution is 2.27. The maximum Gasteiger partial charge on any atom is 0.303 e. The number of nitrogens with zero attached hydrogens (tertiary/aromatic N) is 3. The molecule has 0 N–H and O–H groups in total. The summed E-state index contributed by atoms with van der Waals surface area (Å²) in [5.74, 6) is -3.95. The van der Waals surface area contributed by atoms with E-state index < -0.39 is 60.9 Å². The van der Waals surface area contributed by atoms with Gasteiger partial charge in [0.2, 0.25) is 5.13 Å². The molecule has 0 aliphatic heterocycles. The first-order valence-corrected chi connectivity index (χ1v) is 13.3. The maximum absolute atomic E-state index is 12.1. The average molecular weight is 592 g/mol. The van der Waals surface area contributed by atoms with E-state index in [1.165, 1.54) is 16.3 Å². The van der Waals surface area contributed by atoms with Crippen LogP contribution in [0.5, 0.6) is 0 Å². The SMILES string of the molecule is CC(=O)OC[C@@H](OC(C)=O)[C@H](OC(C)=O)[C@H](OC(C)=O)[C@H](/C=N\N(C)c1nc(-c2ccc(C)cc2)cs1)OC(C)=O. The van der Waals surface area contributed by atoms with Gasteiger partial charge in [-0.3, -0.25) is 24.0 Å². The number of esters is 5. The van der Waals surface area contributed by atoms with E-state index in [4.69, 9.17) is 23.7 Å². The van der Waals surface area contributed by atoms with Crippen LogP contribution >= 0.6 is 11.3 Å². The Morgan fingerprint density at radius 1 is 0.854 bits per heavy atom. The van der Waals surface area contributed by atoms with Crippen LogP contribution in [0.4, 0.5) is 5.13 Å². The maximum atomic E-state index is 12.1. The lowest BCUT2D eigenvalue weighted by Crippen LogP contribution is -2.53. The van der Waals surface area contributed by atoms with Crippen molar-refractivity contribution in [3.05, 3.63) is 35.2 Å². The van der Waals surface area contributed by atoms with Crippen molar-refractivity contribution in [3.63, 3.8) is 0 Å². The van der Waals surface area contributed by atoms with E-state index in [0.29, 0.717) is 5.13 Å². The van der Waals surface area contributed by atoms with E-state index in [-0.39, 0.29) is 0 Å². The molecule has 13 nitrogen and oxygen atoms in total. The number of hydrazone groups is 1. The Hall–Kier alpha value is -4.33. The second-order valence-corrected chi connectivity index (χ2v) is 9.68. The monoisotopic (exact) mass is 591 g/mol. The minimum atomic E-state index is -1.56. The second-order valence-electron chi connectivity index (χ2n) is 8.84. The Morgan fingerprint density at radius 3 is 1.95 bits per heavy atom. The lowest BCUT2D eigenvalue weighted by atomic mass is 10.0. The molecule has 0 spiro atoms. The summed E-state index contributed by atoms with van der Waals surface area (Å²) in [6, 6.07) is 7.84. The number of ether oxygens (including phenoxy) is 5. The van der Waals surface area contributed by atoms with E-state index in [0.717, 1.165) is 57.7 Å². The Balaban J connectivity index is 2.46. The van der Waals surface area contributed by atoms with Gasteiger partial charge in [-0.15, -0.1) is 11.3 Å². The summed E-state index contributed by atoms with van der Waals surface area (Å²) < 4.78 is 26.4. The second kappa shape index (κ2) is 15.5. The van der Waals surface area contributed by atoms with Gasteiger partial charge in [0.05, 0.1) is 11.9 Å². The van der Waals surface area contributed by atoms with Gasteiger partial charge in [-0.25, -0.2) is 9.99 Å². The summed E-state index contributed by atoms with van der Waals surface area (Å²) in [5, 5.41) is 8.06. The van der Waals surface area contributed by atoms with Crippen molar-refractivity contribution in [2.24, 2.45) is 5.10 Å². The van der Waals surface area contributed by atoms with Crippen molar-refractivity contribution < 1.29 is 47.7 Å². The summed E-state index contributed by atoms with van der Waals surface area (Å²) in [4.78, 5) is 64.1. The number of carbonyl (C=O) groups is 5. The van der Waals surface area contributed by atoms with E-state index in [1.54, 1.807) is 7.05 Å². The number of thiazole rings is 1. The summed E-state index contributed by atoms with van der Waals surface area (Å²) in [5.41, 5.74) is 2.75. The molecule has 0 unspecified atom stereocenters. The topological polar surface area (TPSA) is 160 Å². The molecule has 0 fully saturated rings. The van der Waals surface area contributed by atoms with Gasteiger partial charge in [0.25, 0.3) is 0 Å². The van der Waals surface area contributed by atoms with Crippen LogP contribution in [-0.2, 0) is 47.7 Å². The van der Waals surface area contributed by atoms with Gasteiger partial charge in [-0.05, 0) is 6.92 Å². The molecule has 222 valence electrons. The van der Waals surface area contributed by atoms with Crippen LogP contribution in [0.3, 0.4) is 0 Å². The van der Waals surface area contributed by atoms with Crippen LogP contribution < -0.4 is 5.01 Å². The molecule has 41 heavy (non-hydrogen) atoms. The number of rotatable bonds is 13. The molecule has 2 rings (SSSR count). The first-order valence-electron chi connectivity index (χ1n) is 12.4. The fourth-order valence-corrected chi connectivity index (χ4v) is 4.28. The van der Waals surface area contributed by atoms with Crippen LogP contribution in [0, 0.1) is 6.92 Å². The van der Waals surface area contributed by atoms with Crippen LogP contribution in [0.15, 0.2) is 34.7 Å². The molecule has 14 heteroatoms. The predicted molar refractivity (Wildman–Crippen MR) is 148 cm³/mol. The first kappa shape index (κ1) is 32.9. The minimum Gasteiger partial charge on any atom is -0.462 e. The van der Waals surface area contributed by atoms with Crippen LogP contribution in [0.2, 0.25) is 0 Å². The number of hydrogen-bond acceptors (Lipinski definition) is 14. The molecular weight excluding hydrogens is 558 g/mol. The quantitative estimate of drug-likeness (QED) is 0.145. The van der Waals surface area contributed by atoms with Gasteiger partial charge in [0, 0.05) is 52.6 Å². The van der Waals surface area contributed by atoms with Crippen molar-refractivity contribution in [2.45, 2.75) is 66.0 Å². The summed E-state index contributed by atoms with van der Waals surface area (Å²) in [6.45, 7) is 6.93. The molecule has 1 heterocycles. The van der Waals surface area contributed by atoms with Crippen molar-refractivity contribution in [1.82, 2.24) is 4.98 Å². The van der Waals surface area contributed by atoms with Gasteiger partial charge >= 0.3 is 29.8 Å². The molecule has 0 saturated carbocycles. The van der Waals surface area contributed by atoms with Gasteiger partial charge in [-0.2, -0.15) is 5.10 Å². The normalized spacial score (nSPS) is 13.8. The van der Waals surface area contributed by atoms with E-state index in [1.807, 2.05) is 36.6 Å². The average Bonchev–Trinajstić information content (AvgIpc) is 3.36. The van der Waals surface area contributed by atoms with E-state index >= 15 is 0 Å². The molecule has 4 atom stereocenters. The number of hydrogen-bond donors (Lipinski definition) is 0. The van der Waals surface area contributed by atoms with E-state index in [9.17, 15) is 24.0 Å². The number of benzene rings is 1. The molecule has 0 amide bonds. The summed E-state index contributed by atoms with van der Waals surface area (Å²) >= 11 is 1.31. The molecule has 0 saturated heterocycles. The summed E-state index contributed by atoms with van der Waals surface area (Å²) in [6.07, 6.45) is -4.82. The Bertz CT molecular complexity index is 1260. The molecule has 0 aliphatic rings. The third-order valence-electron chi connectivity index (χ3n) is 5.19. The van der Waals surface area contributed by atoms with Crippen molar-refractivity contribution in [3.8, 4) is 11.3 Å². The van der Waals surface area contributed by atoms with Crippen LogP contribution in [0.1, 0.15) is 40.2 Å². The van der Waals surface area contributed by atoms with Gasteiger partial charge < -0.3 is 23.7 Å². The molecule has 1 aromatic heterocycles. The number of aromatic nitrogens is 1. The zero-order valence-corrected chi connectivity index (χ0v) is 24.6. The highest BCUT2D eigenvalue weighted by atomic mass is 32.1. The molecule has 0 bridgehead atoms. The predicted octanol–water partition coefficient (Wildman–Crippen LogP) is 2.83. The Kier molecular flexibility index (Phi) is 12.4. The Morgan fingerprint density at radius 2 is 1.41 bits per heavy atom. The largest absolute Gasteiger partial charge is 0.462 e. The summed E-state index contributed by atoms with van der Waals surface area (Å²) in [7, 11) is 1.60. The molecule has 2 aromatic rings. The minimum absolute atomic E-state index is 0.492. The van der Waals surface area contributed by atoms with Gasteiger partial charge in [0.15, 0.2) is 24.4 Å². The number of anilines is 1. The van der Waals surface area contributed by atoms with Gasteiger partial charge in [0.1, 0.15) is 6.61 Å². The first-order chi connectivity index (χ1) is 19.3. The third-order valence-corrected chi connectivity index (χ3v) is 6.10. The zero-order chi connectivity index (χ0) is 30.7. The lowest BCUT2D eigenvalue weighted by Gasteiger charge is -2.34. The smallest absolute Gasteiger partial charge is 0.303 e. The van der Waals surface area contributed by atoms with E-state index in [2.05, 4.69) is 10.1 Å². The number of carbonyl (C=O) groups excluding carboxylic acids is 5. The molecule has 1 aromatic carbocycles. The van der Waals surface area contributed by atoms with Crippen molar-refractivity contribution in [2.75, 3.05) is 18.7 Å². The highest BCUT2D eigenvalue weighted by molar-refractivity contribution is 7.14. The fourth-order valence-electron chi connectivity index (χ4n) is 3.53. The molecular formula is C27H33N3O10S. The van der Waals surface area contributed by atoms with Crippen molar-refractivity contribution >= 4 is 52.5 Å². The molecule has 0 radical (unpaired) electrons. The number of aryl methyl sites for hydroxylation is 1. The lowest BCUT2D eigenvalue weighted by molar-refractivity contribution is -0.197. The molecule has 0 aliphatic carbocycles.